The molecule has 0 bridgehead atoms. The first-order valence-electron chi connectivity index (χ1n) is 5.32. The minimum atomic E-state index is -3.81. The number of benzene rings is 2. The van der Waals surface area contributed by atoms with Crippen LogP contribution >= 0.6 is 11.8 Å². The van der Waals surface area contributed by atoms with Crippen LogP contribution in [0.15, 0.2) is 47.4 Å². The Hall–Kier alpha value is -1.76. The molecule has 0 aliphatic carbocycles. The van der Waals surface area contributed by atoms with E-state index in [0.29, 0.717) is 22.5 Å². The van der Waals surface area contributed by atoms with Gasteiger partial charge in [0.1, 0.15) is 0 Å². The van der Waals surface area contributed by atoms with Crippen molar-refractivity contribution in [1.29, 1.82) is 0 Å². The van der Waals surface area contributed by atoms with Crippen LogP contribution in [0.5, 0.6) is 0 Å². The number of hydrogen-bond acceptors (Lipinski definition) is 4. The maximum absolute atomic E-state index is 11.9. The lowest BCUT2D eigenvalue weighted by Crippen LogP contribution is -2.15. The minimum absolute atomic E-state index is 0.0206. The van der Waals surface area contributed by atoms with Crippen molar-refractivity contribution in [2.45, 2.75) is 4.90 Å². The summed E-state index contributed by atoms with van der Waals surface area (Å²) in [5.74, 6) is 0. The highest BCUT2D eigenvalue weighted by Gasteiger charge is 2.18. The smallest absolute Gasteiger partial charge is 0.254 e. The van der Waals surface area contributed by atoms with E-state index in [1.807, 2.05) is 0 Å². The zero-order valence-electron chi connectivity index (χ0n) is 9.80. The van der Waals surface area contributed by atoms with E-state index in [9.17, 15) is 8.42 Å². The standard InChI is InChI=1S/C12H12ClN3O2S/c13-16-19(17,18)12-7-10(15)5-6-11(12)8-1-3-9(14)4-2-8/h1-7,16H,14-15H2. The molecule has 0 aliphatic heterocycles. The van der Waals surface area contributed by atoms with Gasteiger partial charge in [0, 0.05) is 16.9 Å². The van der Waals surface area contributed by atoms with E-state index in [4.69, 9.17) is 23.2 Å². The van der Waals surface area contributed by atoms with Gasteiger partial charge < -0.3 is 11.5 Å². The summed E-state index contributed by atoms with van der Waals surface area (Å²) in [5, 5.41) is 0. The van der Waals surface area contributed by atoms with Crippen LogP contribution in [0.4, 0.5) is 11.4 Å². The van der Waals surface area contributed by atoms with Crippen LogP contribution in [0.25, 0.3) is 11.1 Å². The fourth-order valence-corrected chi connectivity index (χ4v) is 2.80. The molecule has 0 aliphatic rings. The predicted octanol–water partition coefficient (Wildman–Crippen LogP) is 1.95. The maximum atomic E-state index is 11.9. The van der Waals surface area contributed by atoms with E-state index in [1.165, 1.54) is 6.07 Å². The van der Waals surface area contributed by atoms with Crippen molar-refractivity contribution in [2.75, 3.05) is 11.5 Å². The summed E-state index contributed by atoms with van der Waals surface area (Å²) in [7, 11) is -3.81. The molecule has 0 aromatic heterocycles. The number of hydrogen-bond donors (Lipinski definition) is 3. The van der Waals surface area contributed by atoms with Crippen LogP contribution in [-0.2, 0) is 10.0 Å². The van der Waals surface area contributed by atoms with E-state index >= 15 is 0 Å². The monoisotopic (exact) mass is 297 g/mol. The first-order chi connectivity index (χ1) is 8.94. The molecule has 0 saturated carbocycles. The largest absolute Gasteiger partial charge is 0.399 e. The van der Waals surface area contributed by atoms with Gasteiger partial charge in [0.05, 0.1) is 4.90 Å². The summed E-state index contributed by atoms with van der Waals surface area (Å²) in [6, 6.07) is 11.5. The third-order valence-electron chi connectivity index (χ3n) is 2.62. The number of sulfonamides is 1. The molecule has 5 N–H and O–H groups in total. The molecule has 2 aromatic rings. The lowest BCUT2D eigenvalue weighted by Gasteiger charge is -2.10. The average molecular weight is 298 g/mol. The number of halogens is 1. The van der Waals surface area contributed by atoms with Gasteiger partial charge in [-0.2, -0.15) is 0 Å². The van der Waals surface area contributed by atoms with Gasteiger partial charge in [-0.25, -0.2) is 8.42 Å². The molecule has 5 nitrogen and oxygen atoms in total. The highest BCUT2D eigenvalue weighted by atomic mass is 35.5. The molecule has 0 spiro atoms. The minimum Gasteiger partial charge on any atom is -0.399 e. The van der Waals surface area contributed by atoms with Crippen molar-refractivity contribution in [2.24, 2.45) is 0 Å². The summed E-state index contributed by atoms with van der Waals surface area (Å²) >= 11 is 5.27. The lowest BCUT2D eigenvalue weighted by molar-refractivity contribution is 0.594. The molecular weight excluding hydrogens is 286 g/mol. The quantitative estimate of drug-likeness (QED) is 0.595. The Kier molecular flexibility index (Phi) is 3.66. The fourth-order valence-electron chi connectivity index (χ4n) is 1.70. The molecular formula is C12H12ClN3O2S. The zero-order valence-corrected chi connectivity index (χ0v) is 11.4. The first kappa shape index (κ1) is 13.7. The van der Waals surface area contributed by atoms with Gasteiger partial charge in [0.2, 0.25) is 0 Å². The van der Waals surface area contributed by atoms with Gasteiger partial charge in [-0.1, -0.05) is 18.2 Å². The number of nitrogens with one attached hydrogen (secondary N) is 1. The molecule has 100 valence electrons. The summed E-state index contributed by atoms with van der Waals surface area (Å²) in [5.41, 5.74) is 13.4. The van der Waals surface area contributed by atoms with Crippen molar-refractivity contribution in [3.63, 3.8) is 0 Å². The number of nitrogen functional groups attached to an aromatic ring is 2. The first-order valence-corrected chi connectivity index (χ1v) is 7.18. The molecule has 0 heterocycles. The Morgan fingerprint density at radius 1 is 0.947 bits per heavy atom. The molecule has 0 radical (unpaired) electrons. The predicted molar refractivity (Wildman–Crippen MR) is 76.9 cm³/mol. The Balaban J connectivity index is 2.67. The Morgan fingerprint density at radius 2 is 1.53 bits per heavy atom. The van der Waals surface area contributed by atoms with Crippen molar-refractivity contribution in [3.8, 4) is 11.1 Å². The van der Waals surface area contributed by atoms with Crippen LogP contribution in [0.2, 0.25) is 0 Å². The Bertz CT molecular complexity index is 699. The van der Waals surface area contributed by atoms with Gasteiger partial charge >= 0.3 is 0 Å². The topological polar surface area (TPSA) is 98.2 Å². The van der Waals surface area contributed by atoms with Crippen molar-refractivity contribution >= 4 is 33.2 Å². The summed E-state index contributed by atoms with van der Waals surface area (Å²) < 4.78 is 25.6. The highest BCUT2D eigenvalue weighted by Crippen LogP contribution is 2.29. The lowest BCUT2D eigenvalue weighted by atomic mass is 10.1. The van der Waals surface area contributed by atoms with Crippen molar-refractivity contribution in [3.05, 3.63) is 42.5 Å². The molecule has 7 heteroatoms. The van der Waals surface area contributed by atoms with Gasteiger partial charge in [0.25, 0.3) is 10.0 Å². The third-order valence-corrected chi connectivity index (χ3v) is 4.35. The summed E-state index contributed by atoms with van der Waals surface area (Å²) in [4.78, 5) is 0.0206. The average Bonchev–Trinajstić information content (AvgIpc) is 2.40. The Morgan fingerprint density at radius 3 is 2.11 bits per heavy atom. The second kappa shape index (κ2) is 5.08. The molecule has 0 unspecified atom stereocenters. The van der Waals surface area contributed by atoms with Gasteiger partial charge in [-0.05, 0) is 41.6 Å². The van der Waals surface area contributed by atoms with E-state index < -0.39 is 10.0 Å². The van der Waals surface area contributed by atoms with E-state index in [-0.39, 0.29) is 4.90 Å². The molecule has 19 heavy (non-hydrogen) atoms. The van der Waals surface area contributed by atoms with Crippen molar-refractivity contribution < 1.29 is 8.42 Å². The second-order valence-corrected chi connectivity index (χ2v) is 6.02. The van der Waals surface area contributed by atoms with E-state index in [2.05, 4.69) is 0 Å². The van der Waals surface area contributed by atoms with Gasteiger partial charge in [-0.15, -0.1) is 4.24 Å². The van der Waals surface area contributed by atoms with E-state index in [0.717, 1.165) is 0 Å². The molecule has 2 rings (SSSR count). The highest BCUT2D eigenvalue weighted by molar-refractivity contribution is 7.90. The van der Waals surface area contributed by atoms with Crippen LogP contribution in [0.3, 0.4) is 0 Å². The molecule has 0 saturated heterocycles. The fraction of sp³-hybridized carbons (Fsp3) is 0. The number of nitrogens with two attached hydrogens (primary N) is 2. The Labute approximate surface area is 116 Å². The SMILES string of the molecule is Nc1ccc(-c2ccc(N)cc2S(=O)(=O)NCl)cc1. The normalized spacial score (nSPS) is 11.4. The molecule has 0 amide bonds. The van der Waals surface area contributed by atoms with E-state index in [1.54, 1.807) is 40.6 Å². The zero-order chi connectivity index (χ0) is 14.0. The summed E-state index contributed by atoms with van der Waals surface area (Å²) in [6.07, 6.45) is 0. The van der Waals surface area contributed by atoms with Crippen LogP contribution in [0.1, 0.15) is 0 Å². The molecule has 0 atom stereocenters. The van der Waals surface area contributed by atoms with Crippen LogP contribution in [-0.4, -0.2) is 8.42 Å². The number of rotatable bonds is 3. The third kappa shape index (κ3) is 2.81. The van der Waals surface area contributed by atoms with Gasteiger partial charge in [0.15, 0.2) is 0 Å². The van der Waals surface area contributed by atoms with Gasteiger partial charge in [-0.3, -0.25) is 0 Å². The second-order valence-electron chi connectivity index (χ2n) is 3.96. The maximum Gasteiger partial charge on any atom is 0.254 e. The molecule has 0 fully saturated rings. The summed E-state index contributed by atoms with van der Waals surface area (Å²) in [6.45, 7) is 0. The number of anilines is 2. The van der Waals surface area contributed by atoms with Crippen molar-refractivity contribution in [1.82, 2.24) is 4.24 Å². The van der Waals surface area contributed by atoms with Crippen LogP contribution in [0, 0.1) is 0 Å². The molecule has 2 aromatic carbocycles. The van der Waals surface area contributed by atoms with Crippen LogP contribution < -0.4 is 15.7 Å².